The van der Waals surface area contributed by atoms with Crippen molar-refractivity contribution >= 4 is 11.8 Å². The zero-order valence-electron chi connectivity index (χ0n) is 13.2. The van der Waals surface area contributed by atoms with E-state index in [0.29, 0.717) is 12.1 Å². The van der Waals surface area contributed by atoms with Crippen LogP contribution < -0.4 is 5.32 Å². The molecule has 2 unspecified atom stereocenters. The molecule has 0 aromatic heterocycles. The summed E-state index contributed by atoms with van der Waals surface area (Å²) in [6.07, 6.45) is 3.38. The van der Waals surface area contributed by atoms with Crippen molar-refractivity contribution < 1.29 is 0 Å². The van der Waals surface area contributed by atoms with Gasteiger partial charge in [0.15, 0.2) is 0 Å². The molecular weight excluding hydrogens is 274 g/mol. The van der Waals surface area contributed by atoms with Crippen molar-refractivity contribution in [3.63, 3.8) is 0 Å². The van der Waals surface area contributed by atoms with Crippen LogP contribution in [0, 0.1) is 0 Å². The molecule has 0 aliphatic carbocycles. The van der Waals surface area contributed by atoms with Crippen LogP contribution in [0.1, 0.15) is 31.9 Å². The third-order valence-electron chi connectivity index (χ3n) is 3.81. The summed E-state index contributed by atoms with van der Waals surface area (Å²) in [5, 5.41) is 3.68. The van der Waals surface area contributed by atoms with E-state index in [4.69, 9.17) is 0 Å². The number of nitrogens with one attached hydrogen (secondary N) is 1. The Kier molecular flexibility index (Phi) is 6.34. The van der Waals surface area contributed by atoms with E-state index in [-0.39, 0.29) is 0 Å². The maximum absolute atomic E-state index is 3.68. The Hall–Kier alpha value is -1.25. The Balaban J connectivity index is 1.98. The second-order valence-electron chi connectivity index (χ2n) is 5.56. The van der Waals surface area contributed by atoms with Gasteiger partial charge in [-0.25, -0.2) is 0 Å². The zero-order valence-corrected chi connectivity index (χ0v) is 14.0. The molecule has 0 saturated carbocycles. The van der Waals surface area contributed by atoms with E-state index in [2.05, 4.69) is 80.0 Å². The maximum Gasteiger partial charge on any atom is 0.0294 e. The number of hydrogen-bond donors (Lipinski definition) is 1. The maximum atomic E-state index is 3.68. The predicted molar refractivity (Wildman–Crippen MR) is 95.9 cm³/mol. The topological polar surface area (TPSA) is 12.0 Å². The molecule has 0 amide bonds. The van der Waals surface area contributed by atoms with Gasteiger partial charge in [-0.1, -0.05) is 54.6 Å². The Labute approximate surface area is 133 Å². The van der Waals surface area contributed by atoms with Gasteiger partial charge in [0.25, 0.3) is 0 Å². The van der Waals surface area contributed by atoms with Crippen LogP contribution in [0.2, 0.25) is 0 Å². The van der Waals surface area contributed by atoms with Crippen LogP contribution >= 0.6 is 11.8 Å². The Morgan fingerprint density at radius 2 is 1.52 bits per heavy atom. The molecule has 0 aliphatic rings. The molecular formula is C19H25NS. The molecule has 2 aromatic carbocycles. The molecule has 0 spiro atoms. The molecule has 2 heteroatoms. The minimum absolute atomic E-state index is 0.395. The van der Waals surface area contributed by atoms with Gasteiger partial charge >= 0.3 is 0 Å². The van der Waals surface area contributed by atoms with E-state index in [0.717, 1.165) is 0 Å². The summed E-state index contributed by atoms with van der Waals surface area (Å²) in [6.45, 7) is 4.51. The van der Waals surface area contributed by atoms with E-state index in [1.165, 1.54) is 28.9 Å². The van der Waals surface area contributed by atoms with Gasteiger partial charge in [0, 0.05) is 12.1 Å². The Bertz CT molecular complexity index is 521. The zero-order chi connectivity index (χ0) is 15.1. The van der Waals surface area contributed by atoms with Crippen LogP contribution in [0.4, 0.5) is 0 Å². The lowest BCUT2D eigenvalue weighted by Gasteiger charge is -2.20. The largest absolute Gasteiger partial charge is 0.308 e. The molecule has 0 aliphatic heterocycles. The van der Waals surface area contributed by atoms with E-state index in [1.54, 1.807) is 0 Å². The lowest BCUT2D eigenvalue weighted by molar-refractivity contribution is 0.472. The van der Waals surface area contributed by atoms with Crippen LogP contribution in [0.15, 0.2) is 54.6 Å². The number of benzene rings is 2. The summed E-state index contributed by atoms with van der Waals surface area (Å²) in [5.41, 5.74) is 3.91. The molecule has 1 N–H and O–H groups in total. The fraction of sp³-hybridized carbons (Fsp3) is 0.368. The van der Waals surface area contributed by atoms with Gasteiger partial charge < -0.3 is 5.32 Å². The number of rotatable bonds is 7. The second-order valence-corrected chi connectivity index (χ2v) is 6.54. The molecule has 0 fully saturated rings. The lowest BCUT2D eigenvalue weighted by atomic mass is 10.0. The predicted octanol–water partition coefficient (Wildman–Crippen LogP) is 5.15. The van der Waals surface area contributed by atoms with E-state index in [9.17, 15) is 0 Å². The first-order valence-corrected chi connectivity index (χ1v) is 9.00. The van der Waals surface area contributed by atoms with Gasteiger partial charge in [0.2, 0.25) is 0 Å². The first kappa shape index (κ1) is 16.1. The van der Waals surface area contributed by atoms with Crippen LogP contribution in [0.25, 0.3) is 11.1 Å². The van der Waals surface area contributed by atoms with Crippen LogP contribution in [-0.2, 0) is 0 Å². The first-order valence-electron chi connectivity index (χ1n) is 7.61. The standard InChI is InChI=1S/C19H25NS/c1-15(13-14-21-3)20-16(2)17-9-11-19(12-10-17)18-7-5-4-6-8-18/h4-12,15-16,20H,13-14H2,1-3H3. The number of hydrogen-bond acceptors (Lipinski definition) is 2. The third-order valence-corrected chi connectivity index (χ3v) is 4.45. The summed E-state index contributed by atoms with van der Waals surface area (Å²) in [4.78, 5) is 0. The van der Waals surface area contributed by atoms with Gasteiger partial charge in [0.1, 0.15) is 0 Å². The summed E-state index contributed by atoms with van der Waals surface area (Å²) in [5.74, 6) is 1.22. The minimum Gasteiger partial charge on any atom is -0.308 e. The van der Waals surface area contributed by atoms with Crippen molar-refractivity contribution in [1.29, 1.82) is 0 Å². The Morgan fingerprint density at radius 3 is 2.14 bits per heavy atom. The lowest BCUT2D eigenvalue weighted by Crippen LogP contribution is -2.29. The molecule has 0 bridgehead atoms. The summed E-state index contributed by atoms with van der Waals surface area (Å²) < 4.78 is 0. The summed E-state index contributed by atoms with van der Waals surface area (Å²) >= 11 is 1.91. The molecule has 0 saturated heterocycles. The summed E-state index contributed by atoms with van der Waals surface area (Å²) in [6, 6.07) is 20.4. The van der Waals surface area contributed by atoms with Gasteiger partial charge in [-0.15, -0.1) is 0 Å². The normalized spacial score (nSPS) is 13.9. The monoisotopic (exact) mass is 299 g/mol. The van der Waals surface area contributed by atoms with Gasteiger partial charge in [-0.2, -0.15) is 11.8 Å². The van der Waals surface area contributed by atoms with Crippen LogP contribution in [-0.4, -0.2) is 18.1 Å². The van der Waals surface area contributed by atoms with Crippen molar-refractivity contribution in [2.24, 2.45) is 0 Å². The molecule has 2 rings (SSSR count). The van der Waals surface area contributed by atoms with Gasteiger partial charge in [-0.05, 0) is 49.0 Å². The highest BCUT2D eigenvalue weighted by Crippen LogP contribution is 2.22. The van der Waals surface area contributed by atoms with Crippen molar-refractivity contribution in [2.75, 3.05) is 12.0 Å². The van der Waals surface area contributed by atoms with Crippen LogP contribution in [0.5, 0.6) is 0 Å². The highest BCUT2D eigenvalue weighted by Gasteiger charge is 2.09. The molecule has 2 aromatic rings. The average molecular weight is 299 g/mol. The fourth-order valence-electron chi connectivity index (χ4n) is 2.50. The molecule has 1 nitrogen and oxygen atoms in total. The quantitative estimate of drug-likeness (QED) is 0.759. The van der Waals surface area contributed by atoms with Crippen molar-refractivity contribution in [1.82, 2.24) is 5.32 Å². The van der Waals surface area contributed by atoms with Crippen molar-refractivity contribution in [3.8, 4) is 11.1 Å². The average Bonchev–Trinajstić information content (AvgIpc) is 2.54. The van der Waals surface area contributed by atoms with E-state index >= 15 is 0 Å². The summed E-state index contributed by atoms with van der Waals surface area (Å²) in [7, 11) is 0. The molecule has 0 radical (unpaired) electrons. The van der Waals surface area contributed by atoms with Crippen LogP contribution in [0.3, 0.4) is 0 Å². The Morgan fingerprint density at radius 1 is 0.905 bits per heavy atom. The number of thioether (sulfide) groups is 1. The minimum atomic E-state index is 0.395. The van der Waals surface area contributed by atoms with Crippen molar-refractivity contribution in [3.05, 3.63) is 60.2 Å². The SMILES string of the molecule is CSCCC(C)NC(C)c1ccc(-c2ccccc2)cc1. The van der Waals surface area contributed by atoms with Gasteiger partial charge in [-0.3, -0.25) is 0 Å². The second kappa shape index (κ2) is 8.26. The molecule has 21 heavy (non-hydrogen) atoms. The highest BCUT2D eigenvalue weighted by molar-refractivity contribution is 7.98. The third kappa shape index (κ3) is 4.90. The molecule has 0 heterocycles. The highest BCUT2D eigenvalue weighted by atomic mass is 32.2. The van der Waals surface area contributed by atoms with E-state index < -0.39 is 0 Å². The fourth-order valence-corrected chi connectivity index (χ4v) is 3.09. The van der Waals surface area contributed by atoms with Crippen molar-refractivity contribution in [2.45, 2.75) is 32.4 Å². The van der Waals surface area contributed by atoms with E-state index in [1.807, 2.05) is 11.8 Å². The smallest absolute Gasteiger partial charge is 0.0294 e. The van der Waals surface area contributed by atoms with Gasteiger partial charge in [0.05, 0.1) is 0 Å². The molecule has 112 valence electrons. The first-order chi connectivity index (χ1) is 10.2. The molecule has 2 atom stereocenters.